The van der Waals surface area contributed by atoms with Crippen molar-refractivity contribution in [2.24, 2.45) is 0 Å². The zero-order valence-electron chi connectivity index (χ0n) is 8.14. The molecule has 0 saturated heterocycles. The molecular weight excluding hydrogens is 180 g/mol. The number of aryl methyl sites for hydroxylation is 1. The number of phenolic OH excluding ortho intramolecular Hbond substituents is 1. The molecule has 1 N–H and O–H groups in total. The third-order valence-corrected chi connectivity index (χ3v) is 2.06. The lowest BCUT2D eigenvalue weighted by atomic mass is 10.1. The Balaban J connectivity index is 2.37. The number of aromatic hydroxyl groups is 1. The smallest absolute Gasteiger partial charge is 0.293 e. The molecule has 0 aliphatic rings. The predicted octanol–water partition coefficient (Wildman–Crippen LogP) is 1.89. The van der Waals surface area contributed by atoms with Crippen molar-refractivity contribution in [2.45, 2.75) is 25.9 Å². The fourth-order valence-corrected chi connectivity index (χ4v) is 1.20. The average Bonchev–Trinajstić information content (AvgIpc) is 2.17. The van der Waals surface area contributed by atoms with Gasteiger partial charge >= 0.3 is 0 Å². The molecule has 0 aliphatic carbocycles. The Morgan fingerprint density at radius 2 is 2.07 bits per heavy atom. The molecule has 0 heterocycles. The fourth-order valence-electron chi connectivity index (χ4n) is 1.20. The third kappa shape index (κ3) is 3.47. The number of hydrogen-bond donors (Lipinski definition) is 1. The first-order chi connectivity index (χ1) is 6.72. The van der Waals surface area contributed by atoms with Gasteiger partial charge in [0.1, 0.15) is 5.75 Å². The highest BCUT2D eigenvalue weighted by molar-refractivity contribution is 5.37. The second-order valence-electron chi connectivity index (χ2n) is 3.25. The summed E-state index contributed by atoms with van der Waals surface area (Å²) >= 11 is 0. The van der Waals surface area contributed by atoms with Crippen LogP contribution in [0.15, 0.2) is 24.3 Å². The van der Waals surface area contributed by atoms with Gasteiger partial charge in [-0.15, -0.1) is 0 Å². The van der Waals surface area contributed by atoms with Crippen LogP contribution in [0.25, 0.3) is 0 Å². The molecule has 1 rings (SSSR count). The van der Waals surface area contributed by atoms with Crippen LogP contribution in [0.4, 0.5) is 0 Å². The standard InChI is InChI=1S/C11H14O3/c1-9(14-8-12)2-3-10-4-6-11(13)7-5-10/h4-9,13H,2-3H2,1H3. The van der Waals surface area contributed by atoms with Gasteiger partial charge in [-0.2, -0.15) is 0 Å². The summed E-state index contributed by atoms with van der Waals surface area (Å²) in [5.74, 6) is 0.269. The van der Waals surface area contributed by atoms with E-state index in [2.05, 4.69) is 0 Å². The molecule has 0 saturated carbocycles. The van der Waals surface area contributed by atoms with E-state index in [1.165, 1.54) is 0 Å². The molecule has 1 unspecified atom stereocenters. The van der Waals surface area contributed by atoms with Crippen molar-refractivity contribution in [3.05, 3.63) is 29.8 Å². The Morgan fingerprint density at radius 3 is 2.64 bits per heavy atom. The topological polar surface area (TPSA) is 46.5 Å². The zero-order valence-corrected chi connectivity index (χ0v) is 8.14. The molecular formula is C11H14O3. The molecule has 0 aliphatic heterocycles. The summed E-state index contributed by atoms with van der Waals surface area (Å²) in [5, 5.41) is 9.05. The van der Waals surface area contributed by atoms with Gasteiger partial charge in [0.15, 0.2) is 0 Å². The van der Waals surface area contributed by atoms with Crippen molar-refractivity contribution in [2.75, 3.05) is 0 Å². The molecule has 76 valence electrons. The second-order valence-corrected chi connectivity index (χ2v) is 3.25. The summed E-state index contributed by atoms with van der Waals surface area (Å²) in [4.78, 5) is 10.0. The highest BCUT2D eigenvalue weighted by atomic mass is 16.5. The van der Waals surface area contributed by atoms with Gasteiger partial charge in [0.05, 0.1) is 6.10 Å². The number of ether oxygens (including phenoxy) is 1. The van der Waals surface area contributed by atoms with E-state index in [0.29, 0.717) is 6.47 Å². The Kier molecular flexibility index (Phi) is 3.98. The molecule has 0 aromatic heterocycles. The molecule has 1 atom stereocenters. The number of benzene rings is 1. The maximum absolute atomic E-state index is 10.0. The van der Waals surface area contributed by atoms with Crippen molar-refractivity contribution < 1.29 is 14.6 Å². The van der Waals surface area contributed by atoms with Gasteiger partial charge in [0, 0.05) is 0 Å². The molecule has 14 heavy (non-hydrogen) atoms. The number of hydrogen-bond acceptors (Lipinski definition) is 3. The van der Waals surface area contributed by atoms with Crippen molar-refractivity contribution in [3.8, 4) is 5.75 Å². The largest absolute Gasteiger partial charge is 0.508 e. The Labute approximate surface area is 83.3 Å². The fraction of sp³-hybridized carbons (Fsp3) is 0.364. The van der Waals surface area contributed by atoms with Crippen LogP contribution in [0.3, 0.4) is 0 Å². The molecule has 0 spiro atoms. The SMILES string of the molecule is CC(CCc1ccc(O)cc1)OC=O. The summed E-state index contributed by atoms with van der Waals surface area (Å²) in [6.07, 6.45) is 1.58. The maximum Gasteiger partial charge on any atom is 0.293 e. The lowest BCUT2D eigenvalue weighted by Gasteiger charge is -2.08. The lowest BCUT2D eigenvalue weighted by molar-refractivity contribution is -0.132. The highest BCUT2D eigenvalue weighted by Crippen LogP contribution is 2.12. The number of rotatable bonds is 5. The minimum absolute atomic E-state index is 0.0543. The van der Waals surface area contributed by atoms with Gasteiger partial charge in [-0.05, 0) is 37.5 Å². The van der Waals surface area contributed by atoms with E-state index in [1.54, 1.807) is 12.1 Å². The van der Waals surface area contributed by atoms with E-state index in [-0.39, 0.29) is 11.9 Å². The van der Waals surface area contributed by atoms with Gasteiger partial charge < -0.3 is 9.84 Å². The second kappa shape index (κ2) is 5.27. The van der Waals surface area contributed by atoms with Gasteiger partial charge in [0.2, 0.25) is 0 Å². The Morgan fingerprint density at radius 1 is 1.43 bits per heavy atom. The van der Waals surface area contributed by atoms with Crippen molar-refractivity contribution in [1.29, 1.82) is 0 Å². The summed E-state index contributed by atoms with van der Waals surface area (Å²) in [7, 11) is 0. The number of phenols is 1. The first kappa shape index (κ1) is 10.6. The van der Waals surface area contributed by atoms with Crippen LogP contribution in [0, 0.1) is 0 Å². The molecule has 1 aromatic rings. The van der Waals surface area contributed by atoms with Gasteiger partial charge in [-0.1, -0.05) is 12.1 Å². The predicted molar refractivity (Wildman–Crippen MR) is 53.0 cm³/mol. The molecule has 3 nitrogen and oxygen atoms in total. The molecule has 0 amide bonds. The van der Waals surface area contributed by atoms with Gasteiger partial charge in [-0.25, -0.2) is 0 Å². The molecule has 3 heteroatoms. The summed E-state index contributed by atoms with van der Waals surface area (Å²) < 4.78 is 4.76. The Hall–Kier alpha value is -1.51. The van der Waals surface area contributed by atoms with Crippen molar-refractivity contribution in [3.63, 3.8) is 0 Å². The highest BCUT2D eigenvalue weighted by Gasteiger charge is 2.01. The Bertz CT molecular complexity index is 279. The normalized spacial score (nSPS) is 12.1. The summed E-state index contributed by atoms with van der Waals surface area (Å²) in [5.41, 5.74) is 1.13. The first-order valence-electron chi connectivity index (χ1n) is 4.59. The quantitative estimate of drug-likeness (QED) is 0.728. The molecule has 1 aromatic carbocycles. The number of carbonyl (C=O) groups is 1. The third-order valence-electron chi connectivity index (χ3n) is 2.06. The van der Waals surface area contributed by atoms with E-state index in [0.717, 1.165) is 18.4 Å². The molecule has 0 bridgehead atoms. The molecule has 0 radical (unpaired) electrons. The van der Waals surface area contributed by atoms with Crippen LogP contribution in [0.2, 0.25) is 0 Å². The zero-order chi connectivity index (χ0) is 10.4. The van der Waals surface area contributed by atoms with E-state index in [1.807, 2.05) is 19.1 Å². The number of carbonyl (C=O) groups excluding carboxylic acids is 1. The van der Waals surface area contributed by atoms with Crippen molar-refractivity contribution >= 4 is 6.47 Å². The minimum Gasteiger partial charge on any atom is -0.508 e. The van der Waals surface area contributed by atoms with Crippen LogP contribution in [-0.4, -0.2) is 17.7 Å². The maximum atomic E-state index is 10.0. The van der Waals surface area contributed by atoms with Crippen LogP contribution in [0.1, 0.15) is 18.9 Å². The summed E-state index contributed by atoms with van der Waals surface area (Å²) in [6.45, 7) is 2.33. The first-order valence-corrected chi connectivity index (χ1v) is 4.59. The van der Waals surface area contributed by atoms with Gasteiger partial charge in [0.25, 0.3) is 6.47 Å². The van der Waals surface area contributed by atoms with E-state index in [9.17, 15) is 4.79 Å². The van der Waals surface area contributed by atoms with E-state index < -0.39 is 0 Å². The van der Waals surface area contributed by atoms with Crippen LogP contribution in [-0.2, 0) is 16.0 Å². The van der Waals surface area contributed by atoms with Crippen LogP contribution in [0.5, 0.6) is 5.75 Å². The monoisotopic (exact) mass is 194 g/mol. The lowest BCUT2D eigenvalue weighted by Crippen LogP contribution is -2.07. The molecule has 0 fully saturated rings. The van der Waals surface area contributed by atoms with E-state index >= 15 is 0 Å². The van der Waals surface area contributed by atoms with Crippen LogP contribution >= 0.6 is 0 Å². The van der Waals surface area contributed by atoms with E-state index in [4.69, 9.17) is 9.84 Å². The average molecular weight is 194 g/mol. The van der Waals surface area contributed by atoms with Crippen molar-refractivity contribution in [1.82, 2.24) is 0 Å². The van der Waals surface area contributed by atoms with Gasteiger partial charge in [-0.3, -0.25) is 4.79 Å². The minimum atomic E-state index is -0.0543. The summed E-state index contributed by atoms with van der Waals surface area (Å²) in [6, 6.07) is 7.03. The van der Waals surface area contributed by atoms with Crippen LogP contribution < -0.4 is 0 Å².